The van der Waals surface area contributed by atoms with E-state index in [0.29, 0.717) is 35.1 Å². The number of amides is 1. The monoisotopic (exact) mass is 417 g/mol. The van der Waals surface area contributed by atoms with Crippen LogP contribution in [-0.2, 0) is 13.0 Å². The Morgan fingerprint density at radius 1 is 1.04 bits per heavy atom. The van der Waals surface area contributed by atoms with Gasteiger partial charge < -0.3 is 4.90 Å². The summed E-state index contributed by atoms with van der Waals surface area (Å²) < 4.78 is 0. The zero-order valence-corrected chi connectivity index (χ0v) is 17.7. The zero-order valence-electron chi connectivity index (χ0n) is 15.3. The van der Waals surface area contributed by atoms with Crippen LogP contribution in [0.25, 0.3) is 0 Å². The summed E-state index contributed by atoms with van der Waals surface area (Å²) in [6, 6.07) is 15.3. The highest BCUT2D eigenvalue weighted by atomic mass is 35.5. The van der Waals surface area contributed by atoms with Crippen molar-refractivity contribution in [3.63, 3.8) is 0 Å². The van der Waals surface area contributed by atoms with E-state index in [2.05, 4.69) is 18.4 Å². The average molecular weight is 418 g/mol. The normalized spacial score (nSPS) is 10.8. The lowest BCUT2D eigenvalue weighted by atomic mass is 10.1. The second kappa shape index (κ2) is 8.92. The molecule has 0 spiro atoms. The highest BCUT2D eigenvalue weighted by Crippen LogP contribution is 2.23. The maximum absolute atomic E-state index is 13.1. The third-order valence-electron chi connectivity index (χ3n) is 4.55. The first kappa shape index (κ1) is 19.9. The molecule has 0 saturated carbocycles. The van der Waals surface area contributed by atoms with Crippen molar-refractivity contribution in [1.29, 1.82) is 0 Å². The first-order valence-corrected chi connectivity index (χ1v) is 10.4. The third kappa shape index (κ3) is 5.13. The summed E-state index contributed by atoms with van der Waals surface area (Å²) in [5.41, 5.74) is 4.05. The van der Waals surface area contributed by atoms with Gasteiger partial charge in [-0.2, -0.15) is 0 Å². The van der Waals surface area contributed by atoms with Crippen LogP contribution in [0.2, 0.25) is 10.0 Å². The molecule has 1 heterocycles. The number of hydrogen-bond donors (Lipinski definition) is 0. The van der Waals surface area contributed by atoms with Crippen molar-refractivity contribution in [3.05, 3.63) is 91.1 Å². The van der Waals surface area contributed by atoms with Crippen molar-refractivity contribution < 1.29 is 4.79 Å². The number of rotatable bonds is 6. The van der Waals surface area contributed by atoms with Gasteiger partial charge in [0.2, 0.25) is 0 Å². The first-order valence-electron chi connectivity index (χ1n) is 8.77. The maximum atomic E-state index is 13.1. The van der Waals surface area contributed by atoms with Crippen LogP contribution < -0.4 is 0 Å². The summed E-state index contributed by atoms with van der Waals surface area (Å²) in [5, 5.41) is 3.32. The van der Waals surface area contributed by atoms with Gasteiger partial charge in [0.15, 0.2) is 0 Å². The molecular weight excluding hydrogens is 397 g/mol. The van der Waals surface area contributed by atoms with E-state index in [-0.39, 0.29) is 5.91 Å². The Hall–Kier alpha value is -1.81. The van der Waals surface area contributed by atoms with Crippen molar-refractivity contribution in [2.24, 2.45) is 0 Å². The molecule has 5 heteroatoms. The largest absolute Gasteiger partial charge is 0.333 e. The van der Waals surface area contributed by atoms with Crippen molar-refractivity contribution >= 4 is 40.4 Å². The quantitative estimate of drug-likeness (QED) is 0.444. The molecule has 140 valence electrons. The molecule has 0 aliphatic rings. The van der Waals surface area contributed by atoms with Crippen LogP contribution in [0.4, 0.5) is 0 Å². The topological polar surface area (TPSA) is 20.3 Å². The molecule has 1 aromatic heterocycles. The second-order valence-electron chi connectivity index (χ2n) is 6.61. The smallest absolute Gasteiger partial charge is 0.254 e. The van der Waals surface area contributed by atoms with Crippen LogP contribution in [0.15, 0.2) is 53.9 Å². The highest BCUT2D eigenvalue weighted by molar-refractivity contribution is 7.10. The molecule has 0 N–H and O–H groups in total. The number of thiophene rings is 1. The predicted octanol–water partition coefficient (Wildman–Crippen LogP) is 6.56. The molecule has 27 heavy (non-hydrogen) atoms. The van der Waals surface area contributed by atoms with E-state index in [1.807, 2.05) is 48.2 Å². The van der Waals surface area contributed by atoms with Gasteiger partial charge >= 0.3 is 0 Å². The molecule has 3 rings (SSSR count). The Morgan fingerprint density at radius 2 is 1.78 bits per heavy atom. The maximum Gasteiger partial charge on any atom is 0.254 e. The van der Waals surface area contributed by atoms with Crippen LogP contribution in [0.3, 0.4) is 0 Å². The highest BCUT2D eigenvalue weighted by Gasteiger charge is 2.18. The number of carbonyl (C=O) groups excluding carboxylic acids is 1. The van der Waals surface area contributed by atoms with Crippen LogP contribution in [0.5, 0.6) is 0 Å². The van der Waals surface area contributed by atoms with Gasteiger partial charge in [0, 0.05) is 27.0 Å². The summed E-state index contributed by atoms with van der Waals surface area (Å²) in [6.07, 6.45) is 0.679. The van der Waals surface area contributed by atoms with E-state index in [4.69, 9.17) is 23.2 Å². The van der Waals surface area contributed by atoms with Crippen molar-refractivity contribution in [3.8, 4) is 0 Å². The van der Waals surface area contributed by atoms with Gasteiger partial charge in [0.25, 0.3) is 5.91 Å². The summed E-state index contributed by atoms with van der Waals surface area (Å²) in [6.45, 7) is 5.28. The minimum Gasteiger partial charge on any atom is -0.333 e. The summed E-state index contributed by atoms with van der Waals surface area (Å²) in [4.78, 5) is 16.2. The van der Waals surface area contributed by atoms with Gasteiger partial charge in [-0.25, -0.2) is 0 Å². The average Bonchev–Trinajstić information content (AvgIpc) is 3.04. The first-order chi connectivity index (χ1) is 12.9. The molecule has 0 atom stereocenters. The zero-order chi connectivity index (χ0) is 19.4. The molecule has 0 saturated heterocycles. The van der Waals surface area contributed by atoms with Gasteiger partial charge in [-0.1, -0.05) is 47.0 Å². The van der Waals surface area contributed by atoms with Gasteiger partial charge in [-0.05, 0) is 67.1 Å². The van der Waals surface area contributed by atoms with Gasteiger partial charge in [-0.3, -0.25) is 4.79 Å². The molecule has 0 unspecified atom stereocenters. The number of carbonyl (C=O) groups is 1. The summed E-state index contributed by atoms with van der Waals surface area (Å²) in [7, 11) is 0. The fourth-order valence-electron chi connectivity index (χ4n) is 2.85. The van der Waals surface area contributed by atoms with E-state index < -0.39 is 0 Å². The standard InChI is InChI=1S/C22H21Cl2NOS/c1-15-3-5-18(6-4-15)22(26)25(14-21-16(2)10-12-27-21)11-9-17-7-8-19(23)13-20(17)24/h3-8,10,12-13H,9,11,14H2,1-2H3. The summed E-state index contributed by atoms with van der Waals surface area (Å²) >= 11 is 14.0. The summed E-state index contributed by atoms with van der Waals surface area (Å²) in [5.74, 6) is 0.0351. The number of halogens is 2. The molecule has 3 aromatic rings. The van der Waals surface area contributed by atoms with E-state index >= 15 is 0 Å². The molecule has 1 amide bonds. The lowest BCUT2D eigenvalue weighted by molar-refractivity contribution is 0.0746. The van der Waals surface area contributed by atoms with E-state index in [0.717, 1.165) is 11.1 Å². The molecular formula is C22H21Cl2NOS. The number of hydrogen-bond acceptors (Lipinski definition) is 2. The fourth-order valence-corrected chi connectivity index (χ4v) is 4.27. The predicted molar refractivity (Wildman–Crippen MR) is 115 cm³/mol. The molecule has 2 nitrogen and oxygen atoms in total. The Kier molecular flexibility index (Phi) is 6.59. The lowest BCUT2D eigenvalue weighted by Gasteiger charge is -2.23. The van der Waals surface area contributed by atoms with Crippen molar-refractivity contribution in [1.82, 2.24) is 4.90 Å². The van der Waals surface area contributed by atoms with Crippen molar-refractivity contribution in [2.45, 2.75) is 26.8 Å². The minimum absolute atomic E-state index is 0.0351. The van der Waals surface area contributed by atoms with Crippen LogP contribution in [0.1, 0.15) is 31.9 Å². The van der Waals surface area contributed by atoms with Gasteiger partial charge in [0.05, 0.1) is 6.54 Å². The molecule has 0 bridgehead atoms. The van der Waals surface area contributed by atoms with E-state index in [9.17, 15) is 4.79 Å². The lowest BCUT2D eigenvalue weighted by Crippen LogP contribution is -2.32. The Morgan fingerprint density at radius 3 is 2.41 bits per heavy atom. The van der Waals surface area contributed by atoms with E-state index in [1.54, 1.807) is 17.4 Å². The fraction of sp³-hybridized carbons (Fsp3) is 0.227. The Labute approximate surface area is 174 Å². The molecule has 0 aliphatic heterocycles. The Bertz CT molecular complexity index is 934. The second-order valence-corrected chi connectivity index (χ2v) is 8.45. The number of benzene rings is 2. The van der Waals surface area contributed by atoms with Crippen molar-refractivity contribution in [2.75, 3.05) is 6.54 Å². The number of nitrogens with zero attached hydrogens (tertiary/aromatic N) is 1. The molecule has 0 aliphatic carbocycles. The molecule has 0 radical (unpaired) electrons. The molecule has 2 aromatic carbocycles. The number of aryl methyl sites for hydroxylation is 2. The van der Waals surface area contributed by atoms with Gasteiger partial charge in [-0.15, -0.1) is 11.3 Å². The van der Waals surface area contributed by atoms with Gasteiger partial charge in [0.1, 0.15) is 0 Å². The SMILES string of the molecule is Cc1ccc(C(=O)N(CCc2ccc(Cl)cc2Cl)Cc2sccc2C)cc1. The minimum atomic E-state index is 0.0351. The van der Waals surface area contributed by atoms with E-state index in [1.165, 1.54) is 10.4 Å². The van der Waals surface area contributed by atoms with Crippen LogP contribution in [-0.4, -0.2) is 17.4 Å². The Balaban J connectivity index is 1.81. The van der Waals surface area contributed by atoms with Crippen LogP contribution >= 0.6 is 34.5 Å². The third-order valence-corrected chi connectivity index (χ3v) is 6.15. The van der Waals surface area contributed by atoms with Crippen LogP contribution in [0, 0.1) is 13.8 Å². The molecule has 0 fully saturated rings.